The third kappa shape index (κ3) is 3.26. The van der Waals surface area contributed by atoms with E-state index in [9.17, 15) is 4.79 Å². The van der Waals surface area contributed by atoms with Crippen LogP contribution in [0.15, 0.2) is 60.8 Å². The van der Waals surface area contributed by atoms with Crippen LogP contribution in [-0.2, 0) is 13.0 Å². The van der Waals surface area contributed by atoms with Gasteiger partial charge in [-0.15, -0.1) is 0 Å². The molecule has 1 heterocycles. The summed E-state index contributed by atoms with van der Waals surface area (Å²) in [6.45, 7) is 0.611. The molecular formula is C18H15N2O. The smallest absolute Gasteiger partial charge is 0.185 e. The molecule has 0 unspecified atom stereocenters. The van der Waals surface area contributed by atoms with Crippen LogP contribution in [0.1, 0.15) is 27.3 Å². The first kappa shape index (κ1) is 13.3. The van der Waals surface area contributed by atoms with Crippen molar-refractivity contribution in [3.05, 3.63) is 89.5 Å². The molecule has 0 N–H and O–H groups in total. The van der Waals surface area contributed by atoms with Crippen LogP contribution >= 0.6 is 0 Å². The number of rotatable bonds is 5. The number of aromatic nitrogens is 2. The van der Waals surface area contributed by atoms with E-state index in [0.717, 1.165) is 18.3 Å². The van der Waals surface area contributed by atoms with Crippen molar-refractivity contribution in [2.45, 2.75) is 13.0 Å². The summed E-state index contributed by atoms with van der Waals surface area (Å²) >= 11 is 0. The topological polar surface area (TPSA) is 34.9 Å². The summed E-state index contributed by atoms with van der Waals surface area (Å²) in [5, 5.41) is 0. The molecule has 0 aliphatic rings. The fourth-order valence-electron chi connectivity index (χ4n) is 2.30. The molecular weight excluding hydrogens is 260 g/mol. The van der Waals surface area contributed by atoms with E-state index in [2.05, 4.69) is 59.7 Å². The van der Waals surface area contributed by atoms with Gasteiger partial charge in [-0.2, -0.15) is 0 Å². The predicted octanol–water partition coefficient (Wildman–Crippen LogP) is 3.13. The van der Waals surface area contributed by atoms with Gasteiger partial charge < -0.3 is 4.57 Å². The molecule has 3 nitrogen and oxygen atoms in total. The summed E-state index contributed by atoms with van der Waals surface area (Å²) < 4.78 is 1.72. The quantitative estimate of drug-likeness (QED) is 0.670. The Balaban J connectivity index is 1.71. The van der Waals surface area contributed by atoms with Crippen LogP contribution in [0.2, 0.25) is 0 Å². The third-order valence-corrected chi connectivity index (χ3v) is 3.41. The Labute approximate surface area is 123 Å². The lowest BCUT2D eigenvalue weighted by atomic mass is 10.0. The van der Waals surface area contributed by atoms with Gasteiger partial charge in [0, 0.05) is 6.54 Å². The average molecular weight is 275 g/mol. The first-order chi connectivity index (χ1) is 10.3. The molecule has 103 valence electrons. The van der Waals surface area contributed by atoms with E-state index < -0.39 is 0 Å². The minimum absolute atomic E-state index is 0.406. The summed E-state index contributed by atoms with van der Waals surface area (Å²) in [5.74, 6) is 0.406. The van der Waals surface area contributed by atoms with Crippen molar-refractivity contribution in [3.63, 3.8) is 0 Å². The summed E-state index contributed by atoms with van der Waals surface area (Å²) in [4.78, 5) is 14.8. The molecule has 0 saturated carbocycles. The molecule has 2 aromatic carbocycles. The third-order valence-electron chi connectivity index (χ3n) is 3.41. The lowest BCUT2D eigenvalue weighted by Crippen LogP contribution is -2.03. The van der Waals surface area contributed by atoms with Crippen LogP contribution in [0.5, 0.6) is 0 Å². The molecule has 3 heteroatoms. The van der Waals surface area contributed by atoms with E-state index in [-0.39, 0.29) is 0 Å². The maximum absolute atomic E-state index is 10.8. The van der Waals surface area contributed by atoms with E-state index in [1.165, 1.54) is 17.3 Å². The molecule has 1 radical (unpaired) electrons. The number of carbonyl (C=O) groups excluding carboxylic acids is 1. The van der Waals surface area contributed by atoms with Gasteiger partial charge in [-0.3, -0.25) is 4.79 Å². The van der Waals surface area contributed by atoms with E-state index >= 15 is 0 Å². The largest absolute Gasteiger partial charge is 0.316 e. The second kappa shape index (κ2) is 6.18. The van der Waals surface area contributed by atoms with Crippen molar-refractivity contribution in [3.8, 4) is 0 Å². The second-order valence-corrected chi connectivity index (χ2v) is 4.93. The number of benzene rings is 2. The summed E-state index contributed by atoms with van der Waals surface area (Å²) in [5.41, 5.74) is 3.70. The van der Waals surface area contributed by atoms with Crippen LogP contribution in [0, 0.1) is 6.20 Å². The Morgan fingerprint density at radius 1 is 0.952 bits per heavy atom. The summed E-state index contributed by atoms with van der Waals surface area (Å²) in [6.07, 6.45) is 6.13. The lowest BCUT2D eigenvalue weighted by molar-refractivity contribution is 0.111. The zero-order valence-electron chi connectivity index (χ0n) is 11.6. The Hall–Kier alpha value is -2.68. The fraction of sp³-hybridized carbons (Fsp3) is 0.111. The van der Waals surface area contributed by atoms with Crippen molar-refractivity contribution in [2.75, 3.05) is 0 Å². The zero-order chi connectivity index (χ0) is 14.5. The molecule has 0 amide bonds. The van der Waals surface area contributed by atoms with Gasteiger partial charge in [-0.05, 0) is 23.1 Å². The summed E-state index contributed by atoms with van der Waals surface area (Å²) in [6, 6.07) is 18.8. The van der Waals surface area contributed by atoms with Gasteiger partial charge in [0.25, 0.3) is 0 Å². The van der Waals surface area contributed by atoms with E-state index in [4.69, 9.17) is 0 Å². The molecule has 1 aromatic heterocycles. The Morgan fingerprint density at radius 2 is 1.62 bits per heavy atom. The van der Waals surface area contributed by atoms with Gasteiger partial charge in [0.05, 0.1) is 12.4 Å². The first-order valence-corrected chi connectivity index (χ1v) is 6.85. The van der Waals surface area contributed by atoms with Gasteiger partial charge in [0.2, 0.25) is 0 Å². The fourth-order valence-corrected chi connectivity index (χ4v) is 2.30. The van der Waals surface area contributed by atoms with Crippen LogP contribution in [-0.4, -0.2) is 15.8 Å². The van der Waals surface area contributed by atoms with Crippen molar-refractivity contribution in [1.29, 1.82) is 0 Å². The highest BCUT2D eigenvalue weighted by atomic mass is 16.1. The minimum Gasteiger partial charge on any atom is -0.316 e. The van der Waals surface area contributed by atoms with E-state index in [1.807, 2.05) is 6.07 Å². The molecule has 21 heavy (non-hydrogen) atoms. The zero-order valence-corrected chi connectivity index (χ0v) is 11.6. The maximum atomic E-state index is 10.8. The molecule has 0 bridgehead atoms. The lowest BCUT2D eigenvalue weighted by Gasteiger charge is -2.06. The second-order valence-electron chi connectivity index (χ2n) is 4.93. The number of nitrogens with zero attached hydrogens (tertiary/aromatic N) is 2. The molecule has 0 atom stereocenters. The highest BCUT2D eigenvalue weighted by Crippen LogP contribution is 2.12. The van der Waals surface area contributed by atoms with Crippen molar-refractivity contribution in [2.24, 2.45) is 0 Å². The first-order valence-electron chi connectivity index (χ1n) is 6.85. The van der Waals surface area contributed by atoms with Gasteiger partial charge in [-0.25, -0.2) is 4.98 Å². The minimum atomic E-state index is 0.406. The molecule has 0 spiro atoms. The molecule has 0 fully saturated rings. The molecule has 3 aromatic rings. The molecule has 0 aliphatic carbocycles. The van der Waals surface area contributed by atoms with Crippen LogP contribution < -0.4 is 0 Å². The van der Waals surface area contributed by atoms with Crippen LogP contribution in [0.25, 0.3) is 0 Å². The number of aldehydes is 1. The molecule has 3 rings (SSSR count). The Bertz CT molecular complexity index is 714. The Morgan fingerprint density at radius 3 is 2.33 bits per heavy atom. The van der Waals surface area contributed by atoms with E-state index in [1.54, 1.807) is 4.57 Å². The number of carbonyl (C=O) groups is 1. The highest BCUT2D eigenvalue weighted by molar-refractivity contribution is 5.69. The Kier molecular flexibility index (Phi) is 3.92. The summed E-state index contributed by atoms with van der Waals surface area (Å²) in [7, 11) is 0. The SMILES string of the molecule is O=Cc1nc[c]n1Cc1ccc(Cc2ccccc2)cc1. The van der Waals surface area contributed by atoms with Crippen molar-refractivity contribution in [1.82, 2.24) is 9.55 Å². The standard InChI is InChI=1S/C18H15N2O/c21-14-18-19-10-11-20(18)13-17-8-6-16(7-9-17)12-15-4-2-1-3-5-15/h1-10,14H,12-13H2. The number of hydrogen-bond donors (Lipinski definition) is 0. The van der Waals surface area contributed by atoms with Gasteiger partial charge in [0.15, 0.2) is 12.1 Å². The molecule has 0 saturated heterocycles. The predicted molar refractivity (Wildman–Crippen MR) is 81.2 cm³/mol. The average Bonchev–Trinajstić information content (AvgIpc) is 2.97. The van der Waals surface area contributed by atoms with Gasteiger partial charge in [-0.1, -0.05) is 54.6 Å². The number of hydrogen-bond acceptors (Lipinski definition) is 2. The number of imidazole rings is 1. The van der Waals surface area contributed by atoms with E-state index in [0.29, 0.717) is 12.4 Å². The highest BCUT2D eigenvalue weighted by Gasteiger charge is 2.03. The van der Waals surface area contributed by atoms with Crippen molar-refractivity contribution >= 4 is 6.29 Å². The maximum Gasteiger partial charge on any atom is 0.185 e. The monoisotopic (exact) mass is 275 g/mol. The van der Waals surface area contributed by atoms with Crippen LogP contribution in [0.3, 0.4) is 0 Å². The normalized spacial score (nSPS) is 10.5. The van der Waals surface area contributed by atoms with Crippen LogP contribution in [0.4, 0.5) is 0 Å². The van der Waals surface area contributed by atoms with Gasteiger partial charge >= 0.3 is 0 Å². The molecule has 0 aliphatic heterocycles. The van der Waals surface area contributed by atoms with Crippen molar-refractivity contribution < 1.29 is 4.79 Å². The van der Waals surface area contributed by atoms with Gasteiger partial charge in [0.1, 0.15) is 0 Å².